The number of rotatable bonds is 6. The van der Waals surface area contributed by atoms with E-state index in [1.54, 1.807) is 20.8 Å². The van der Waals surface area contributed by atoms with Gasteiger partial charge in [0, 0.05) is 6.92 Å². The van der Waals surface area contributed by atoms with Crippen molar-refractivity contribution in [3.63, 3.8) is 0 Å². The third-order valence-electron chi connectivity index (χ3n) is 5.09. The molecule has 31 heavy (non-hydrogen) atoms. The van der Waals surface area contributed by atoms with Gasteiger partial charge in [0.1, 0.15) is 23.2 Å². The highest BCUT2D eigenvalue weighted by atomic mass is 28.1. The number of carbonyl (C=O) groups excluding carboxylic acids is 1. The van der Waals surface area contributed by atoms with Crippen molar-refractivity contribution < 1.29 is 33.2 Å². The average molecular weight is 453 g/mol. The largest absolute Gasteiger partial charge is 0.495 e. The van der Waals surface area contributed by atoms with Crippen LogP contribution >= 0.6 is 0 Å². The van der Waals surface area contributed by atoms with Crippen molar-refractivity contribution in [3.8, 4) is 0 Å². The van der Waals surface area contributed by atoms with Crippen LogP contribution in [0.15, 0.2) is 30.3 Å². The van der Waals surface area contributed by atoms with Crippen LogP contribution in [0.2, 0.25) is 0 Å². The van der Waals surface area contributed by atoms with Gasteiger partial charge in [0.2, 0.25) is 6.36 Å². The Kier molecular flexibility index (Phi) is 7.84. The van der Waals surface area contributed by atoms with E-state index in [2.05, 4.69) is 9.85 Å². The quantitative estimate of drug-likeness (QED) is 0.528. The maximum absolute atomic E-state index is 15.2. The van der Waals surface area contributed by atoms with E-state index in [1.807, 2.05) is 51.1 Å². The van der Waals surface area contributed by atoms with Gasteiger partial charge in [-0.1, -0.05) is 51.1 Å². The van der Waals surface area contributed by atoms with Crippen LogP contribution in [0, 0.1) is 5.41 Å². The first-order valence-electron chi connectivity index (χ1n) is 10.3. The Labute approximate surface area is 187 Å². The molecular weight excluding hydrogens is 419 g/mol. The van der Waals surface area contributed by atoms with Crippen molar-refractivity contribution in [1.82, 2.24) is 0 Å². The van der Waals surface area contributed by atoms with Gasteiger partial charge in [-0.05, 0) is 31.7 Å². The number of ether oxygens (including phenoxy) is 4. The number of hydrogen-bond acceptors (Lipinski definition) is 6. The van der Waals surface area contributed by atoms with Gasteiger partial charge in [-0.2, -0.15) is 0 Å². The Bertz CT molecular complexity index is 773. The molecule has 0 aromatic heterocycles. The maximum Gasteiger partial charge on any atom is 0.303 e. The number of alkyl halides is 1. The molecule has 1 aromatic rings. The van der Waals surface area contributed by atoms with Gasteiger partial charge >= 0.3 is 5.97 Å². The fourth-order valence-corrected chi connectivity index (χ4v) is 4.20. The van der Waals surface area contributed by atoms with Gasteiger partial charge < -0.3 is 24.1 Å². The first-order valence-corrected chi connectivity index (χ1v) is 10.8. The van der Waals surface area contributed by atoms with Gasteiger partial charge in [0.15, 0.2) is 6.10 Å². The van der Waals surface area contributed by atoms with E-state index in [1.165, 1.54) is 6.92 Å². The molecule has 8 heteroatoms. The molecule has 2 radical (unpaired) electrons. The molecule has 6 nitrogen and oxygen atoms in total. The summed E-state index contributed by atoms with van der Waals surface area (Å²) in [7, 11) is 3.41. The fourth-order valence-electron chi connectivity index (χ4n) is 3.60. The van der Waals surface area contributed by atoms with Crippen LogP contribution in [0.25, 0.3) is 0 Å². The smallest absolute Gasteiger partial charge is 0.303 e. The summed E-state index contributed by atoms with van der Waals surface area (Å²) in [5.74, 6) is -0.701. The van der Waals surface area contributed by atoms with Crippen LogP contribution in [-0.2, 0) is 30.3 Å². The predicted molar refractivity (Wildman–Crippen MR) is 116 cm³/mol. The third kappa shape index (κ3) is 6.00. The van der Waals surface area contributed by atoms with Crippen molar-refractivity contribution in [2.24, 2.45) is 5.41 Å². The first-order chi connectivity index (χ1) is 14.2. The van der Waals surface area contributed by atoms with Crippen molar-refractivity contribution in [1.29, 1.82) is 0 Å². The minimum atomic E-state index is -2.03. The Morgan fingerprint density at radius 2 is 1.77 bits per heavy atom. The summed E-state index contributed by atoms with van der Waals surface area (Å²) in [6.45, 7) is 12.1. The van der Waals surface area contributed by atoms with Crippen molar-refractivity contribution in [2.45, 2.75) is 90.9 Å². The van der Waals surface area contributed by atoms with Crippen LogP contribution in [0.5, 0.6) is 0 Å². The molecule has 2 rings (SSSR count). The van der Waals surface area contributed by atoms with Gasteiger partial charge in [0.25, 0.3) is 0 Å². The highest BCUT2D eigenvalue weighted by Gasteiger charge is 2.64. The lowest BCUT2D eigenvalue weighted by Gasteiger charge is -2.55. The number of esters is 1. The first kappa shape index (κ1) is 25.6. The molecule has 1 aliphatic heterocycles. The second-order valence-electron chi connectivity index (χ2n) is 9.81. The van der Waals surface area contributed by atoms with Crippen LogP contribution in [-0.4, -0.2) is 62.2 Å². The number of aliphatic hydroxyl groups is 1. The molecule has 1 heterocycles. The summed E-state index contributed by atoms with van der Waals surface area (Å²) in [5.41, 5.74) is -2.49. The van der Waals surface area contributed by atoms with E-state index in [4.69, 9.17) is 18.9 Å². The fraction of sp³-hybridized carbons (Fsp3) is 0.652. The normalized spacial score (nSPS) is 29.3. The topological polar surface area (TPSA) is 74.2 Å². The summed E-state index contributed by atoms with van der Waals surface area (Å²) in [6, 6.07) is 9.28. The SMILES string of the molecule is CC(=O)O[C@H]1[C@@H](OCc2ccccc2)[C@@](O)(C(C)(C)C)[C@@H](C(=[Si])OC(C)(C)C)O[C@@H]1F. The van der Waals surface area contributed by atoms with Gasteiger partial charge in [-0.3, -0.25) is 4.79 Å². The van der Waals surface area contributed by atoms with Gasteiger partial charge in [0.05, 0.1) is 22.1 Å². The molecule has 5 atom stereocenters. The van der Waals surface area contributed by atoms with E-state index in [0.29, 0.717) is 0 Å². The Morgan fingerprint density at radius 3 is 2.26 bits per heavy atom. The number of halogens is 1. The summed E-state index contributed by atoms with van der Waals surface area (Å²) in [5, 5.41) is 12.2. The second-order valence-corrected chi connectivity index (χ2v) is 10.3. The Balaban J connectivity index is 2.50. The van der Waals surface area contributed by atoms with Crippen LogP contribution in [0.1, 0.15) is 54.0 Å². The van der Waals surface area contributed by atoms with E-state index in [-0.39, 0.29) is 12.0 Å². The molecule has 1 aromatic carbocycles. The van der Waals surface area contributed by atoms with Gasteiger partial charge in [-0.25, -0.2) is 4.39 Å². The molecular formula is C23H33FO6Si. The predicted octanol–water partition coefficient (Wildman–Crippen LogP) is 3.09. The van der Waals surface area contributed by atoms with Crippen molar-refractivity contribution >= 4 is 21.2 Å². The van der Waals surface area contributed by atoms with Gasteiger partial charge in [-0.15, -0.1) is 0 Å². The summed E-state index contributed by atoms with van der Waals surface area (Å²) in [6.07, 6.45) is -5.96. The highest BCUT2D eigenvalue weighted by molar-refractivity contribution is 6.36. The monoisotopic (exact) mass is 452 g/mol. The minimum absolute atomic E-state index is 0.0816. The lowest BCUT2D eigenvalue weighted by atomic mass is 9.67. The van der Waals surface area contributed by atoms with Crippen LogP contribution in [0.3, 0.4) is 0 Å². The number of hydrogen-bond donors (Lipinski definition) is 1. The Hall–Kier alpha value is -1.61. The van der Waals surface area contributed by atoms with E-state index in [0.717, 1.165) is 5.56 Å². The molecule has 172 valence electrons. The maximum atomic E-state index is 15.2. The van der Waals surface area contributed by atoms with Crippen molar-refractivity contribution in [2.75, 3.05) is 0 Å². The summed E-state index contributed by atoms with van der Waals surface area (Å²) >= 11 is 0. The third-order valence-corrected chi connectivity index (χ3v) is 5.45. The number of benzene rings is 1. The molecule has 0 saturated carbocycles. The van der Waals surface area contributed by atoms with E-state index < -0.39 is 47.3 Å². The lowest BCUT2D eigenvalue weighted by molar-refractivity contribution is -0.321. The molecule has 0 bridgehead atoms. The zero-order valence-electron chi connectivity index (χ0n) is 19.3. The molecule has 1 fully saturated rings. The summed E-state index contributed by atoms with van der Waals surface area (Å²) in [4.78, 5) is 11.7. The van der Waals surface area contributed by atoms with E-state index >= 15 is 4.39 Å². The van der Waals surface area contributed by atoms with Crippen molar-refractivity contribution in [3.05, 3.63) is 35.9 Å². The molecule has 0 aliphatic carbocycles. The molecule has 1 N–H and O–H groups in total. The minimum Gasteiger partial charge on any atom is -0.495 e. The van der Waals surface area contributed by atoms with Crippen LogP contribution < -0.4 is 0 Å². The standard InChI is InChI=1S/C23H33FO6Si/c1-14(25)28-16-17(27-13-15-11-9-8-10-12-15)23(26,21(2,3)4)18(29-19(16)24)20(31)30-22(5,6)7/h8-12,16-19,26H,13H2,1-7H3/t16-,17+,18+,19-,23-/m0/s1. The van der Waals surface area contributed by atoms with E-state index in [9.17, 15) is 9.90 Å². The van der Waals surface area contributed by atoms with Crippen LogP contribution in [0.4, 0.5) is 4.39 Å². The zero-order chi connectivity index (χ0) is 23.6. The highest BCUT2D eigenvalue weighted by Crippen LogP contribution is 2.46. The molecule has 0 unspecified atom stereocenters. The lowest BCUT2D eigenvalue weighted by Crippen LogP contribution is -2.73. The molecule has 1 saturated heterocycles. The summed E-state index contributed by atoms with van der Waals surface area (Å²) < 4.78 is 37.9. The average Bonchev–Trinajstić information content (AvgIpc) is 2.62. The zero-order valence-corrected chi connectivity index (χ0v) is 20.3. The molecule has 1 aliphatic rings. The molecule has 0 spiro atoms. The second kappa shape index (κ2) is 9.48. The molecule has 0 amide bonds. The Morgan fingerprint density at radius 1 is 1.19 bits per heavy atom. The number of carbonyl (C=O) groups is 1.